The summed E-state index contributed by atoms with van der Waals surface area (Å²) in [5.41, 5.74) is 1.65. The van der Waals surface area contributed by atoms with Crippen LogP contribution in [0.1, 0.15) is 24.3 Å². The number of hydrogen-bond acceptors (Lipinski definition) is 11. The molecule has 5 aliphatic rings. The van der Waals surface area contributed by atoms with Gasteiger partial charge in [0.1, 0.15) is 0 Å². The van der Waals surface area contributed by atoms with Gasteiger partial charge in [-0.1, -0.05) is 12.2 Å². The third kappa shape index (κ3) is 5.49. The number of nitrogens with zero attached hydrogens (tertiary/aromatic N) is 1. The molecule has 0 radical (unpaired) electrons. The Morgan fingerprint density at radius 3 is 2.30 bits per heavy atom. The molecule has 3 heterocycles. The molecule has 7 atom stereocenters. The summed E-state index contributed by atoms with van der Waals surface area (Å²) < 4.78 is 29.5. The first-order valence-corrected chi connectivity index (χ1v) is 15.6. The topological polar surface area (TPSA) is 170 Å². The Labute approximate surface area is 270 Å². The highest BCUT2D eigenvalue weighted by Gasteiger charge is 2.58. The van der Waals surface area contributed by atoms with Gasteiger partial charge < -0.3 is 49.6 Å². The second-order valence-corrected chi connectivity index (χ2v) is 12.3. The highest BCUT2D eigenvalue weighted by molar-refractivity contribution is 5.77. The second kappa shape index (κ2) is 12.2. The van der Waals surface area contributed by atoms with Gasteiger partial charge >= 0.3 is 5.97 Å². The molecule has 3 aliphatic carbocycles. The van der Waals surface area contributed by atoms with E-state index in [1.807, 2.05) is 24.3 Å². The van der Waals surface area contributed by atoms with Gasteiger partial charge in [0.25, 0.3) is 0 Å². The number of allylic oxidation sites excluding steroid dienone is 2. The molecule has 2 saturated heterocycles. The van der Waals surface area contributed by atoms with Crippen LogP contribution in [0.25, 0.3) is 0 Å². The van der Waals surface area contributed by atoms with Crippen LogP contribution >= 0.6 is 0 Å². The molecule has 2 aliphatic heterocycles. The first kappa shape index (κ1) is 30.5. The van der Waals surface area contributed by atoms with E-state index in [0.717, 1.165) is 11.3 Å². The lowest BCUT2D eigenvalue weighted by atomic mass is 9.57. The number of ether oxygens (including phenoxy) is 5. The van der Waals surface area contributed by atoms with Gasteiger partial charge in [-0.15, -0.1) is 0 Å². The number of nitrogens with one attached hydrogen (secondary N) is 2. The van der Waals surface area contributed by atoms with Crippen LogP contribution in [0.2, 0.25) is 0 Å². The van der Waals surface area contributed by atoms with Crippen LogP contribution in [0, 0.1) is 23.7 Å². The van der Waals surface area contributed by atoms with E-state index in [1.165, 1.54) is 30.9 Å². The summed E-state index contributed by atoms with van der Waals surface area (Å²) in [5.74, 6) is -0.349. The minimum atomic E-state index is -0.499. The van der Waals surface area contributed by atoms with Gasteiger partial charge in [-0.2, -0.15) is 0 Å². The monoisotopic (exact) mass is 647 g/mol. The maximum Gasteiger partial charge on any atom is 0.310 e. The molecule has 0 bridgehead atoms. The van der Waals surface area contributed by atoms with Crippen molar-refractivity contribution in [3.63, 3.8) is 0 Å². The lowest BCUT2D eigenvalue weighted by Gasteiger charge is -2.48. The highest BCUT2D eigenvalue weighted by Crippen LogP contribution is 2.56. The van der Waals surface area contributed by atoms with Gasteiger partial charge in [0.05, 0.1) is 32.8 Å². The predicted molar refractivity (Wildman–Crippen MR) is 165 cm³/mol. The van der Waals surface area contributed by atoms with Crippen LogP contribution in [0.3, 0.4) is 0 Å². The minimum Gasteiger partial charge on any atom is -0.502 e. The summed E-state index contributed by atoms with van der Waals surface area (Å²) in [7, 11) is 2.94. The molecule has 13 heteroatoms. The van der Waals surface area contributed by atoms with Crippen LogP contribution < -0.4 is 20.1 Å². The number of esters is 1. The van der Waals surface area contributed by atoms with Crippen molar-refractivity contribution in [1.29, 1.82) is 0 Å². The molecule has 1 aromatic carbocycles. The first-order chi connectivity index (χ1) is 22.7. The highest BCUT2D eigenvalue weighted by atomic mass is 16.7. The van der Waals surface area contributed by atoms with E-state index < -0.39 is 5.92 Å². The summed E-state index contributed by atoms with van der Waals surface area (Å²) in [6.07, 6.45) is 10.6. The zero-order chi connectivity index (χ0) is 32.8. The Balaban J connectivity index is 1.12. The van der Waals surface area contributed by atoms with Crippen LogP contribution in [0.4, 0.5) is 0 Å². The molecule has 5 N–H and O–H groups in total. The number of aromatic nitrogens is 1. The lowest BCUT2D eigenvalue weighted by molar-refractivity contribution is -0.142. The molecule has 4 unspecified atom stereocenters. The van der Waals surface area contributed by atoms with Crippen LogP contribution in [-0.2, 0) is 30.3 Å². The molecular weight excluding hydrogens is 610 g/mol. The van der Waals surface area contributed by atoms with Crippen molar-refractivity contribution in [2.75, 3.05) is 27.6 Å². The maximum absolute atomic E-state index is 13.5. The van der Waals surface area contributed by atoms with Gasteiger partial charge in [-0.3, -0.25) is 14.2 Å². The number of carbonyl (C=O) groups is 2. The van der Waals surface area contributed by atoms with Gasteiger partial charge in [0.15, 0.2) is 34.8 Å². The predicted octanol–water partition coefficient (Wildman–Crippen LogP) is 2.90. The van der Waals surface area contributed by atoms with E-state index in [2.05, 4.69) is 16.7 Å². The molecule has 7 rings (SSSR count). The summed E-state index contributed by atoms with van der Waals surface area (Å²) in [5, 5.41) is 36.9. The fraction of sp³-hybridized carbons (Fsp3) is 0.412. The zero-order valence-corrected chi connectivity index (χ0v) is 25.9. The van der Waals surface area contributed by atoms with E-state index in [-0.39, 0.29) is 103 Å². The van der Waals surface area contributed by atoms with E-state index >= 15 is 0 Å². The zero-order valence-electron chi connectivity index (χ0n) is 25.9. The fourth-order valence-corrected chi connectivity index (χ4v) is 7.57. The number of hydrogen-bond donors (Lipinski definition) is 5. The Morgan fingerprint density at radius 2 is 1.66 bits per heavy atom. The third-order valence-corrected chi connectivity index (χ3v) is 9.80. The summed E-state index contributed by atoms with van der Waals surface area (Å²) >= 11 is 0. The molecule has 1 saturated carbocycles. The maximum atomic E-state index is 13.5. The fourth-order valence-electron chi connectivity index (χ4n) is 7.57. The molecule has 1 amide bonds. The second-order valence-electron chi connectivity index (χ2n) is 12.3. The Morgan fingerprint density at radius 1 is 0.979 bits per heavy atom. The van der Waals surface area contributed by atoms with Crippen molar-refractivity contribution < 1.29 is 48.6 Å². The number of aromatic hydroxyl groups is 3. The van der Waals surface area contributed by atoms with Gasteiger partial charge in [0.2, 0.25) is 18.4 Å². The number of phenols is 1. The number of benzene rings is 1. The van der Waals surface area contributed by atoms with Gasteiger partial charge in [-0.05, 0) is 48.3 Å². The van der Waals surface area contributed by atoms with Crippen LogP contribution in [0.15, 0.2) is 71.9 Å². The standard InChI is InChI=1S/C34H37N3O10/c1-43-25-11-17(12-26(44-2)33(25)41)30-20-13-23-24(47-16-46-23)14-21(20)32(22-15-45-34(42)31(22)30)36-19-5-3-18(4-6-19)35-27(38)9-10-37-28(39)7-8-29(37)40/h3,5-8,11-14,18,20-22,30-32,36,39-41H,4,9-10,15-16H2,1-2H3,(H,35,38)/t18?,20?,21?,22-,30?,31-,32+/m0/s1. The molecule has 248 valence electrons. The Hall–Kier alpha value is -5.20. The van der Waals surface area contributed by atoms with E-state index in [0.29, 0.717) is 17.9 Å². The van der Waals surface area contributed by atoms with Crippen molar-refractivity contribution >= 4 is 11.9 Å². The van der Waals surface area contributed by atoms with Gasteiger partial charge in [0, 0.05) is 54.6 Å². The number of amides is 1. The van der Waals surface area contributed by atoms with Crippen molar-refractivity contribution in [1.82, 2.24) is 15.2 Å². The summed E-state index contributed by atoms with van der Waals surface area (Å²) in [6, 6.07) is 5.83. The third-order valence-electron chi connectivity index (χ3n) is 9.80. The lowest BCUT2D eigenvalue weighted by Crippen LogP contribution is -2.54. The normalized spacial score (nSPS) is 28.7. The van der Waals surface area contributed by atoms with Crippen LogP contribution in [0.5, 0.6) is 29.0 Å². The van der Waals surface area contributed by atoms with E-state index in [9.17, 15) is 24.9 Å². The quantitative estimate of drug-likeness (QED) is 0.254. The van der Waals surface area contributed by atoms with Crippen molar-refractivity contribution in [2.45, 2.75) is 37.4 Å². The SMILES string of the molecule is COc1cc(C2C3C=C4OCOC4=CC3[C@@H](NC3=CCC(NC(=O)CCn4c(O)ccc4O)C=C3)[C@H]3COC(=O)[C@H]23)cc(OC)c1O. The van der Waals surface area contributed by atoms with Crippen molar-refractivity contribution in [2.24, 2.45) is 23.7 Å². The number of cyclic esters (lactones) is 1. The largest absolute Gasteiger partial charge is 0.502 e. The number of methoxy groups -OCH3 is 2. The molecule has 47 heavy (non-hydrogen) atoms. The smallest absolute Gasteiger partial charge is 0.310 e. The molecule has 3 fully saturated rings. The Kier molecular flexibility index (Phi) is 7.90. The Bertz CT molecular complexity index is 1660. The van der Waals surface area contributed by atoms with Crippen molar-refractivity contribution in [3.8, 4) is 29.0 Å². The molecule has 0 spiro atoms. The summed E-state index contributed by atoms with van der Waals surface area (Å²) in [4.78, 5) is 26.1. The number of rotatable bonds is 9. The molecule has 13 nitrogen and oxygen atoms in total. The van der Waals surface area contributed by atoms with Crippen LogP contribution in [-0.4, -0.2) is 71.5 Å². The van der Waals surface area contributed by atoms with E-state index in [1.54, 1.807) is 12.1 Å². The number of phenolic OH excluding ortho intramolecular Hbond substituents is 1. The molecule has 2 aromatic rings. The molecular formula is C34H37N3O10. The minimum absolute atomic E-state index is 0.0904. The van der Waals surface area contributed by atoms with E-state index in [4.69, 9.17) is 23.7 Å². The average molecular weight is 648 g/mol. The average Bonchev–Trinajstić information content (AvgIpc) is 3.78. The molecule has 1 aromatic heterocycles. The van der Waals surface area contributed by atoms with Crippen molar-refractivity contribution in [3.05, 3.63) is 77.4 Å². The first-order valence-electron chi connectivity index (χ1n) is 15.6. The van der Waals surface area contributed by atoms with Gasteiger partial charge in [-0.25, -0.2) is 0 Å². The number of carbonyl (C=O) groups excluding carboxylic acids is 2. The number of fused-ring (bicyclic) bond motifs is 3. The summed E-state index contributed by atoms with van der Waals surface area (Å²) in [6.45, 7) is 0.505.